The summed E-state index contributed by atoms with van der Waals surface area (Å²) in [6.45, 7) is 6.09. The fourth-order valence-corrected chi connectivity index (χ4v) is 3.65. The fraction of sp³-hybridized carbons (Fsp3) is 0.688. The number of halogens is 1. The van der Waals surface area contributed by atoms with Crippen molar-refractivity contribution in [3.63, 3.8) is 0 Å². The molecule has 2 unspecified atom stereocenters. The van der Waals surface area contributed by atoms with E-state index in [0.29, 0.717) is 5.92 Å². The van der Waals surface area contributed by atoms with E-state index in [0.717, 1.165) is 39.0 Å². The van der Waals surface area contributed by atoms with Crippen LogP contribution < -0.4 is 11.1 Å². The maximum Gasteiger partial charge on any atom is 0.236 e. The highest BCUT2D eigenvalue weighted by Gasteiger charge is 2.21. The van der Waals surface area contributed by atoms with Crippen molar-refractivity contribution in [3.05, 3.63) is 22.4 Å². The molecule has 1 aliphatic heterocycles. The molecule has 0 bridgehead atoms. The van der Waals surface area contributed by atoms with Gasteiger partial charge in [-0.2, -0.15) is 0 Å². The highest BCUT2D eigenvalue weighted by atomic mass is 35.5. The van der Waals surface area contributed by atoms with Gasteiger partial charge in [0.05, 0.1) is 6.04 Å². The Kier molecular flexibility index (Phi) is 9.02. The van der Waals surface area contributed by atoms with E-state index in [-0.39, 0.29) is 24.4 Å². The summed E-state index contributed by atoms with van der Waals surface area (Å²) in [4.78, 5) is 15.8. The van der Waals surface area contributed by atoms with Crippen LogP contribution in [0.3, 0.4) is 0 Å². The largest absolute Gasteiger partial charge is 0.354 e. The van der Waals surface area contributed by atoms with Gasteiger partial charge < -0.3 is 11.1 Å². The number of thiophene rings is 1. The first-order valence-electron chi connectivity index (χ1n) is 7.97. The predicted octanol–water partition coefficient (Wildman–Crippen LogP) is 2.63. The van der Waals surface area contributed by atoms with Crippen molar-refractivity contribution in [1.82, 2.24) is 10.2 Å². The second kappa shape index (κ2) is 10.2. The van der Waals surface area contributed by atoms with E-state index in [4.69, 9.17) is 5.73 Å². The number of likely N-dealkylation sites (tertiary alicyclic amines) is 1. The Morgan fingerprint density at radius 1 is 1.59 bits per heavy atom. The van der Waals surface area contributed by atoms with Gasteiger partial charge in [0.2, 0.25) is 5.91 Å². The third kappa shape index (κ3) is 6.24. The van der Waals surface area contributed by atoms with Gasteiger partial charge in [0.1, 0.15) is 0 Å². The quantitative estimate of drug-likeness (QED) is 0.798. The number of carbonyl (C=O) groups excluding carboxylic acids is 1. The molecule has 2 rings (SSSR count). The minimum atomic E-state index is -0.346. The average Bonchev–Trinajstić information content (AvgIpc) is 2.98. The normalized spacial score (nSPS) is 20.2. The minimum Gasteiger partial charge on any atom is -0.354 e. The number of hydrogen-bond donors (Lipinski definition) is 2. The number of rotatable bonds is 7. The van der Waals surface area contributed by atoms with Crippen molar-refractivity contribution >= 4 is 29.7 Å². The lowest BCUT2D eigenvalue weighted by Gasteiger charge is -2.32. The summed E-state index contributed by atoms with van der Waals surface area (Å²) in [6.07, 6.45) is 4.13. The molecule has 0 saturated carbocycles. The third-order valence-corrected chi connectivity index (χ3v) is 4.93. The van der Waals surface area contributed by atoms with Gasteiger partial charge in [0, 0.05) is 24.5 Å². The highest BCUT2D eigenvalue weighted by Crippen LogP contribution is 2.19. The van der Waals surface area contributed by atoms with Gasteiger partial charge in [-0.3, -0.25) is 9.69 Å². The van der Waals surface area contributed by atoms with Crippen LogP contribution in [0.1, 0.15) is 37.5 Å². The SMILES string of the molecule is CCCC(N)C(=O)NCC1CCCN(Cc2cccs2)C1.Cl. The topological polar surface area (TPSA) is 58.4 Å². The average molecular weight is 346 g/mol. The summed E-state index contributed by atoms with van der Waals surface area (Å²) in [5.41, 5.74) is 5.84. The molecule has 1 amide bonds. The van der Waals surface area contributed by atoms with E-state index < -0.39 is 0 Å². The van der Waals surface area contributed by atoms with Crippen LogP contribution in [0.15, 0.2) is 17.5 Å². The molecule has 1 saturated heterocycles. The second-order valence-corrected chi connectivity index (χ2v) is 7.00. The molecular weight excluding hydrogens is 318 g/mol. The monoisotopic (exact) mass is 345 g/mol. The zero-order valence-corrected chi connectivity index (χ0v) is 14.9. The zero-order chi connectivity index (χ0) is 15.1. The van der Waals surface area contributed by atoms with Gasteiger partial charge >= 0.3 is 0 Å². The van der Waals surface area contributed by atoms with Crippen molar-refractivity contribution in [2.24, 2.45) is 11.7 Å². The van der Waals surface area contributed by atoms with Crippen LogP contribution in [0.25, 0.3) is 0 Å². The van der Waals surface area contributed by atoms with E-state index in [2.05, 4.69) is 34.7 Å². The summed E-state index contributed by atoms with van der Waals surface area (Å²) >= 11 is 1.82. The second-order valence-electron chi connectivity index (χ2n) is 5.96. The van der Waals surface area contributed by atoms with Gasteiger partial charge in [-0.05, 0) is 43.2 Å². The highest BCUT2D eigenvalue weighted by molar-refractivity contribution is 7.09. The van der Waals surface area contributed by atoms with E-state index in [9.17, 15) is 4.79 Å². The number of hydrogen-bond acceptors (Lipinski definition) is 4. The molecule has 6 heteroatoms. The Morgan fingerprint density at radius 2 is 2.41 bits per heavy atom. The molecule has 0 spiro atoms. The van der Waals surface area contributed by atoms with Crippen molar-refractivity contribution in [2.75, 3.05) is 19.6 Å². The number of amides is 1. The molecule has 22 heavy (non-hydrogen) atoms. The first-order valence-corrected chi connectivity index (χ1v) is 8.85. The Labute approximate surface area is 143 Å². The number of nitrogens with zero attached hydrogens (tertiary/aromatic N) is 1. The van der Waals surface area contributed by atoms with Crippen LogP contribution in [0.5, 0.6) is 0 Å². The lowest BCUT2D eigenvalue weighted by Crippen LogP contribution is -2.45. The molecule has 126 valence electrons. The van der Waals surface area contributed by atoms with Crippen LogP contribution in [0, 0.1) is 5.92 Å². The van der Waals surface area contributed by atoms with E-state index in [1.54, 1.807) is 0 Å². The minimum absolute atomic E-state index is 0. The van der Waals surface area contributed by atoms with Crippen LogP contribution >= 0.6 is 23.7 Å². The van der Waals surface area contributed by atoms with Crippen LogP contribution in [-0.2, 0) is 11.3 Å². The standard InChI is InChI=1S/C16H27N3OS.ClH/c1-2-5-15(17)16(20)18-10-13-6-3-8-19(11-13)12-14-7-4-9-21-14;/h4,7,9,13,15H,2-3,5-6,8,10-12,17H2,1H3,(H,18,20);1H. The van der Waals surface area contributed by atoms with Crippen molar-refractivity contribution < 1.29 is 4.79 Å². The maximum atomic E-state index is 11.9. The number of carbonyl (C=O) groups is 1. The molecule has 0 aromatic carbocycles. The molecule has 0 radical (unpaired) electrons. The predicted molar refractivity (Wildman–Crippen MR) is 95.5 cm³/mol. The molecular formula is C16H28ClN3OS. The van der Waals surface area contributed by atoms with Gasteiger partial charge in [-0.1, -0.05) is 19.4 Å². The fourth-order valence-electron chi connectivity index (χ4n) is 2.90. The van der Waals surface area contributed by atoms with Crippen LogP contribution in [0.2, 0.25) is 0 Å². The van der Waals surface area contributed by atoms with Crippen molar-refractivity contribution in [2.45, 2.75) is 45.2 Å². The van der Waals surface area contributed by atoms with Crippen LogP contribution in [0.4, 0.5) is 0 Å². The molecule has 1 aromatic heterocycles. The van der Waals surface area contributed by atoms with Gasteiger partial charge in [-0.15, -0.1) is 23.7 Å². The smallest absolute Gasteiger partial charge is 0.236 e. The summed E-state index contributed by atoms with van der Waals surface area (Å²) in [7, 11) is 0. The number of nitrogens with two attached hydrogens (primary N) is 1. The van der Waals surface area contributed by atoms with Gasteiger partial charge in [-0.25, -0.2) is 0 Å². The van der Waals surface area contributed by atoms with Gasteiger partial charge in [0.15, 0.2) is 0 Å². The lowest BCUT2D eigenvalue weighted by molar-refractivity contribution is -0.122. The maximum absolute atomic E-state index is 11.9. The Balaban J connectivity index is 0.00000242. The molecule has 0 aliphatic carbocycles. The van der Waals surface area contributed by atoms with Gasteiger partial charge in [0.25, 0.3) is 0 Å². The first kappa shape index (κ1) is 19.4. The third-order valence-electron chi connectivity index (χ3n) is 4.06. The summed E-state index contributed by atoms with van der Waals surface area (Å²) < 4.78 is 0. The summed E-state index contributed by atoms with van der Waals surface area (Å²) in [6, 6.07) is 3.96. The lowest BCUT2D eigenvalue weighted by atomic mass is 9.97. The molecule has 4 nitrogen and oxygen atoms in total. The molecule has 2 heterocycles. The van der Waals surface area contributed by atoms with E-state index in [1.807, 2.05) is 11.3 Å². The van der Waals surface area contributed by atoms with Crippen molar-refractivity contribution in [3.8, 4) is 0 Å². The number of piperidine rings is 1. The molecule has 1 aromatic rings. The molecule has 3 N–H and O–H groups in total. The number of nitrogens with one attached hydrogen (secondary N) is 1. The molecule has 1 fully saturated rings. The van der Waals surface area contributed by atoms with Crippen LogP contribution in [-0.4, -0.2) is 36.5 Å². The summed E-state index contributed by atoms with van der Waals surface area (Å²) in [5.74, 6) is 0.559. The Hall–Kier alpha value is -0.620. The Bertz CT molecular complexity index is 427. The molecule has 1 aliphatic rings. The van der Waals surface area contributed by atoms with Crippen molar-refractivity contribution in [1.29, 1.82) is 0 Å². The first-order chi connectivity index (χ1) is 10.2. The zero-order valence-electron chi connectivity index (χ0n) is 13.3. The Morgan fingerprint density at radius 3 is 3.09 bits per heavy atom. The van der Waals surface area contributed by atoms with E-state index in [1.165, 1.54) is 17.7 Å². The van der Waals surface area contributed by atoms with E-state index >= 15 is 0 Å². The summed E-state index contributed by atoms with van der Waals surface area (Å²) in [5, 5.41) is 5.16. The molecule has 2 atom stereocenters.